The lowest BCUT2D eigenvalue weighted by Crippen LogP contribution is -2.24. The summed E-state index contributed by atoms with van der Waals surface area (Å²) in [6.07, 6.45) is -1.59. The van der Waals surface area contributed by atoms with Gasteiger partial charge in [-0.2, -0.15) is 0 Å². The number of aliphatic hydroxyl groups excluding tert-OH is 1. The molecule has 20 heavy (non-hydrogen) atoms. The van der Waals surface area contributed by atoms with E-state index in [1.54, 1.807) is 24.3 Å². The highest BCUT2D eigenvalue weighted by Crippen LogP contribution is 2.27. The third kappa shape index (κ3) is 3.83. The number of aliphatic carboxylic acids is 1. The van der Waals surface area contributed by atoms with Crippen LogP contribution in [0, 0.1) is 0 Å². The summed E-state index contributed by atoms with van der Waals surface area (Å²) in [7, 11) is 0. The molecule has 4 nitrogen and oxygen atoms in total. The quantitative estimate of drug-likeness (QED) is 0.863. The number of hydrogen-bond donors (Lipinski definition) is 1. The number of hydrogen-bond acceptors (Lipinski definition) is 4. The molecule has 0 spiro atoms. The van der Waals surface area contributed by atoms with Crippen LogP contribution in [-0.2, 0) is 11.4 Å². The SMILES string of the molecule is O=C([O-])CC(O)c1ccccc1OCc1ccccc1. The molecule has 0 aliphatic heterocycles. The Kier molecular flexibility index (Phi) is 4.74. The monoisotopic (exact) mass is 271 g/mol. The van der Waals surface area contributed by atoms with Crippen molar-refractivity contribution in [1.29, 1.82) is 0 Å². The molecule has 1 atom stereocenters. The number of carbonyl (C=O) groups excluding carboxylic acids is 1. The van der Waals surface area contributed by atoms with Gasteiger partial charge >= 0.3 is 0 Å². The second kappa shape index (κ2) is 6.73. The standard InChI is InChI=1S/C16H16O4/c17-14(10-16(18)19)13-8-4-5-9-15(13)20-11-12-6-2-1-3-7-12/h1-9,14,17H,10-11H2,(H,18,19)/p-1. The van der Waals surface area contributed by atoms with Gasteiger partial charge in [0.1, 0.15) is 12.4 Å². The summed E-state index contributed by atoms with van der Waals surface area (Å²) in [6, 6.07) is 16.5. The van der Waals surface area contributed by atoms with Gasteiger partial charge in [0, 0.05) is 18.0 Å². The first-order chi connectivity index (χ1) is 9.66. The second-order valence-electron chi connectivity index (χ2n) is 4.40. The lowest BCUT2D eigenvalue weighted by molar-refractivity contribution is -0.307. The van der Waals surface area contributed by atoms with Crippen LogP contribution in [0.3, 0.4) is 0 Å². The predicted octanol–water partition coefficient (Wildman–Crippen LogP) is 1.44. The molecule has 0 aliphatic carbocycles. The predicted molar refractivity (Wildman–Crippen MR) is 71.8 cm³/mol. The normalized spacial score (nSPS) is 11.8. The van der Waals surface area contributed by atoms with Crippen LogP contribution in [0.25, 0.3) is 0 Å². The smallest absolute Gasteiger partial charge is 0.125 e. The second-order valence-corrected chi connectivity index (χ2v) is 4.40. The highest BCUT2D eigenvalue weighted by molar-refractivity contribution is 5.65. The molecular formula is C16H15O4-. The Morgan fingerprint density at radius 1 is 1.10 bits per heavy atom. The molecule has 0 aliphatic rings. The zero-order chi connectivity index (χ0) is 14.4. The Labute approximate surface area is 117 Å². The lowest BCUT2D eigenvalue weighted by Gasteiger charge is -2.16. The van der Waals surface area contributed by atoms with Gasteiger partial charge < -0.3 is 19.7 Å². The number of carboxylic acids is 1. The van der Waals surface area contributed by atoms with E-state index in [0.29, 0.717) is 17.9 Å². The Balaban J connectivity index is 2.09. The van der Waals surface area contributed by atoms with Gasteiger partial charge in [0.25, 0.3) is 0 Å². The molecule has 0 fully saturated rings. The molecule has 0 radical (unpaired) electrons. The maximum atomic E-state index is 10.6. The van der Waals surface area contributed by atoms with Crippen LogP contribution in [0.5, 0.6) is 5.75 Å². The van der Waals surface area contributed by atoms with Crippen LogP contribution in [-0.4, -0.2) is 11.1 Å². The molecule has 1 N–H and O–H groups in total. The van der Waals surface area contributed by atoms with Crippen molar-refractivity contribution in [2.24, 2.45) is 0 Å². The number of ether oxygens (including phenoxy) is 1. The Morgan fingerprint density at radius 2 is 1.75 bits per heavy atom. The van der Waals surface area contributed by atoms with Crippen molar-refractivity contribution in [3.8, 4) is 5.75 Å². The molecular weight excluding hydrogens is 256 g/mol. The van der Waals surface area contributed by atoms with Gasteiger partial charge in [-0.15, -0.1) is 0 Å². The van der Waals surface area contributed by atoms with Crippen LogP contribution < -0.4 is 9.84 Å². The van der Waals surface area contributed by atoms with Crippen molar-refractivity contribution in [3.05, 3.63) is 65.7 Å². The summed E-state index contributed by atoms with van der Waals surface area (Å²) in [5, 5.41) is 20.4. The van der Waals surface area contributed by atoms with E-state index in [-0.39, 0.29) is 0 Å². The molecule has 2 rings (SSSR count). The molecule has 1 unspecified atom stereocenters. The summed E-state index contributed by atoms with van der Waals surface area (Å²) >= 11 is 0. The molecule has 0 bridgehead atoms. The summed E-state index contributed by atoms with van der Waals surface area (Å²) in [4.78, 5) is 10.6. The summed E-state index contributed by atoms with van der Waals surface area (Å²) < 4.78 is 5.65. The van der Waals surface area contributed by atoms with Gasteiger partial charge in [0.2, 0.25) is 0 Å². The first kappa shape index (κ1) is 14.1. The molecule has 4 heteroatoms. The average molecular weight is 271 g/mol. The molecule has 2 aromatic carbocycles. The van der Waals surface area contributed by atoms with Crippen molar-refractivity contribution in [1.82, 2.24) is 0 Å². The zero-order valence-corrected chi connectivity index (χ0v) is 10.9. The van der Waals surface area contributed by atoms with E-state index >= 15 is 0 Å². The Hall–Kier alpha value is -2.33. The van der Waals surface area contributed by atoms with Crippen LogP contribution in [0.4, 0.5) is 0 Å². The van der Waals surface area contributed by atoms with Crippen LogP contribution in [0.2, 0.25) is 0 Å². The minimum Gasteiger partial charge on any atom is -0.550 e. The highest BCUT2D eigenvalue weighted by Gasteiger charge is 2.13. The maximum Gasteiger partial charge on any atom is 0.125 e. The van der Waals surface area contributed by atoms with E-state index in [1.165, 1.54) is 0 Å². The van der Waals surface area contributed by atoms with Gasteiger partial charge in [-0.25, -0.2) is 0 Å². The number of aliphatic hydroxyl groups is 1. The van der Waals surface area contributed by atoms with Crippen LogP contribution >= 0.6 is 0 Å². The van der Waals surface area contributed by atoms with E-state index in [4.69, 9.17) is 4.74 Å². The fraction of sp³-hybridized carbons (Fsp3) is 0.188. The minimum atomic E-state index is -1.30. The number of carbonyl (C=O) groups is 1. The van der Waals surface area contributed by atoms with Gasteiger partial charge in [0.05, 0.1) is 6.10 Å². The van der Waals surface area contributed by atoms with E-state index < -0.39 is 18.5 Å². The van der Waals surface area contributed by atoms with Crippen molar-refractivity contribution in [2.75, 3.05) is 0 Å². The third-order valence-electron chi connectivity index (χ3n) is 2.88. The van der Waals surface area contributed by atoms with Crippen molar-refractivity contribution < 1.29 is 19.7 Å². The molecule has 0 saturated carbocycles. The van der Waals surface area contributed by atoms with E-state index in [9.17, 15) is 15.0 Å². The summed E-state index contributed by atoms with van der Waals surface area (Å²) in [6.45, 7) is 0.357. The largest absolute Gasteiger partial charge is 0.550 e. The molecule has 104 valence electrons. The fourth-order valence-electron chi connectivity index (χ4n) is 1.89. The molecule has 0 heterocycles. The van der Waals surface area contributed by atoms with Crippen LogP contribution in [0.1, 0.15) is 23.7 Å². The number of para-hydroxylation sites is 1. The van der Waals surface area contributed by atoms with E-state index in [2.05, 4.69) is 0 Å². The van der Waals surface area contributed by atoms with Crippen molar-refractivity contribution in [2.45, 2.75) is 19.1 Å². The van der Waals surface area contributed by atoms with Crippen molar-refractivity contribution in [3.63, 3.8) is 0 Å². The molecule has 0 aromatic heterocycles. The van der Waals surface area contributed by atoms with Gasteiger partial charge in [-0.3, -0.25) is 0 Å². The maximum absolute atomic E-state index is 10.6. The van der Waals surface area contributed by atoms with Crippen molar-refractivity contribution >= 4 is 5.97 Å². The minimum absolute atomic E-state index is 0.357. The third-order valence-corrected chi connectivity index (χ3v) is 2.88. The number of carboxylic acid groups (broad SMARTS) is 1. The van der Waals surface area contributed by atoms with Gasteiger partial charge in [0.15, 0.2) is 0 Å². The Morgan fingerprint density at radius 3 is 2.45 bits per heavy atom. The Bertz CT molecular complexity index is 566. The zero-order valence-electron chi connectivity index (χ0n) is 10.9. The number of benzene rings is 2. The lowest BCUT2D eigenvalue weighted by atomic mass is 10.1. The topological polar surface area (TPSA) is 69.6 Å². The summed E-state index contributed by atoms with van der Waals surface area (Å²) in [5.74, 6) is -0.819. The molecule has 2 aromatic rings. The van der Waals surface area contributed by atoms with Gasteiger partial charge in [-0.1, -0.05) is 48.5 Å². The molecule has 0 amide bonds. The van der Waals surface area contributed by atoms with Gasteiger partial charge in [-0.05, 0) is 11.6 Å². The average Bonchev–Trinajstić information content (AvgIpc) is 2.46. The first-order valence-electron chi connectivity index (χ1n) is 6.30. The fourth-order valence-corrected chi connectivity index (χ4v) is 1.89. The van der Waals surface area contributed by atoms with E-state index in [1.807, 2.05) is 30.3 Å². The summed E-state index contributed by atoms with van der Waals surface area (Å²) in [5.41, 5.74) is 1.45. The number of rotatable bonds is 6. The first-order valence-corrected chi connectivity index (χ1v) is 6.30. The molecule has 0 saturated heterocycles. The van der Waals surface area contributed by atoms with Crippen LogP contribution in [0.15, 0.2) is 54.6 Å². The highest BCUT2D eigenvalue weighted by atomic mass is 16.5. The van der Waals surface area contributed by atoms with E-state index in [0.717, 1.165) is 5.56 Å².